The number of nitrogens with two attached hydrogens (primary N) is 1. The van der Waals surface area contributed by atoms with Crippen LogP contribution in [0.2, 0.25) is 5.02 Å². The largest absolute Gasteiger partial charge is 0.371 e. The lowest BCUT2D eigenvalue weighted by Crippen LogP contribution is -2.42. The van der Waals surface area contributed by atoms with Gasteiger partial charge in [-0.25, -0.2) is 0 Å². The second-order valence-corrected chi connectivity index (χ2v) is 4.55. The van der Waals surface area contributed by atoms with Crippen molar-refractivity contribution in [3.05, 3.63) is 34.9 Å². The summed E-state index contributed by atoms with van der Waals surface area (Å²) in [4.78, 5) is 12.9. The molecule has 2 rings (SSSR count). The monoisotopic (exact) mass is 254 g/mol. The Hall–Kier alpha value is -1.10. The molecule has 1 fully saturated rings. The number of rotatable bonds is 3. The van der Waals surface area contributed by atoms with E-state index < -0.39 is 0 Å². The van der Waals surface area contributed by atoms with Crippen molar-refractivity contribution < 1.29 is 9.53 Å². The Morgan fingerprint density at radius 3 is 2.82 bits per heavy atom. The Labute approximate surface area is 105 Å². The number of morpholine rings is 1. The molecule has 1 aromatic rings. The number of hydrogen-bond donors (Lipinski definition) is 1. The number of ether oxygens (including phenoxy) is 1. The van der Waals surface area contributed by atoms with Crippen LogP contribution < -0.4 is 5.73 Å². The lowest BCUT2D eigenvalue weighted by molar-refractivity contribution is -0.121. The van der Waals surface area contributed by atoms with Gasteiger partial charge >= 0.3 is 0 Å². The second-order valence-electron chi connectivity index (χ2n) is 4.11. The molecule has 0 unspecified atom stereocenters. The average molecular weight is 255 g/mol. The average Bonchev–Trinajstić information content (AvgIpc) is 2.29. The summed E-state index contributed by atoms with van der Waals surface area (Å²) in [5.74, 6) is -0.304. The standard InChI is InChI=1S/C12H15ClN2O2/c13-10-3-1-9(2-4-10)11-7-15(5-6-17-11)8-12(14)16/h1-4,11H,5-8H2,(H2,14,16)/t11-/m1/s1. The second kappa shape index (κ2) is 5.49. The van der Waals surface area contributed by atoms with Crippen molar-refractivity contribution in [1.82, 2.24) is 4.90 Å². The van der Waals surface area contributed by atoms with Gasteiger partial charge in [0.25, 0.3) is 0 Å². The van der Waals surface area contributed by atoms with E-state index in [1.165, 1.54) is 0 Å². The molecule has 0 radical (unpaired) electrons. The topological polar surface area (TPSA) is 55.6 Å². The highest BCUT2D eigenvalue weighted by Gasteiger charge is 2.22. The molecular formula is C12H15ClN2O2. The van der Waals surface area contributed by atoms with Crippen LogP contribution >= 0.6 is 11.6 Å². The first-order valence-corrected chi connectivity index (χ1v) is 5.90. The van der Waals surface area contributed by atoms with Crippen molar-refractivity contribution >= 4 is 17.5 Å². The zero-order valence-electron chi connectivity index (χ0n) is 9.43. The molecule has 0 bridgehead atoms. The molecule has 2 N–H and O–H groups in total. The fraction of sp³-hybridized carbons (Fsp3) is 0.417. The normalized spacial score (nSPS) is 21.4. The van der Waals surface area contributed by atoms with E-state index in [9.17, 15) is 4.79 Å². The van der Waals surface area contributed by atoms with Crippen molar-refractivity contribution in [3.63, 3.8) is 0 Å². The minimum Gasteiger partial charge on any atom is -0.371 e. The molecule has 1 saturated heterocycles. The maximum Gasteiger partial charge on any atom is 0.231 e. The number of carbonyl (C=O) groups excluding carboxylic acids is 1. The number of benzene rings is 1. The van der Waals surface area contributed by atoms with Crippen LogP contribution in [0.4, 0.5) is 0 Å². The molecule has 0 spiro atoms. The molecule has 1 aliphatic rings. The maximum absolute atomic E-state index is 10.9. The molecule has 92 valence electrons. The molecule has 0 saturated carbocycles. The number of hydrogen-bond acceptors (Lipinski definition) is 3. The van der Waals surface area contributed by atoms with Gasteiger partial charge in [-0.15, -0.1) is 0 Å². The Kier molecular flexibility index (Phi) is 3.99. The van der Waals surface area contributed by atoms with Crippen LogP contribution in [0.5, 0.6) is 0 Å². The lowest BCUT2D eigenvalue weighted by atomic mass is 10.1. The summed E-state index contributed by atoms with van der Waals surface area (Å²) in [5, 5.41) is 0.707. The fourth-order valence-corrected chi connectivity index (χ4v) is 2.07. The number of nitrogens with zero attached hydrogens (tertiary/aromatic N) is 1. The molecule has 1 aliphatic heterocycles. The third kappa shape index (κ3) is 3.43. The van der Waals surface area contributed by atoms with Gasteiger partial charge in [0, 0.05) is 18.1 Å². The number of carbonyl (C=O) groups is 1. The number of primary amides is 1. The molecule has 1 heterocycles. The first-order valence-electron chi connectivity index (χ1n) is 5.53. The van der Waals surface area contributed by atoms with Crippen molar-refractivity contribution in [2.75, 3.05) is 26.2 Å². The highest BCUT2D eigenvalue weighted by molar-refractivity contribution is 6.30. The van der Waals surface area contributed by atoms with Crippen molar-refractivity contribution in [2.24, 2.45) is 5.73 Å². The Bertz CT molecular complexity index is 394. The van der Waals surface area contributed by atoms with Crippen molar-refractivity contribution in [2.45, 2.75) is 6.10 Å². The lowest BCUT2D eigenvalue weighted by Gasteiger charge is -2.32. The van der Waals surface area contributed by atoms with E-state index >= 15 is 0 Å². The molecule has 4 nitrogen and oxygen atoms in total. The SMILES string of the molecule is NC(=O)CN1CCO[C@@H](c2ccc(Cl)cc2)C1. The van der Waals surface area contributed by atoms with Gasteiger partial charge < -0.3 is 10.5 Å². The summed E-state index contributed by atoms with van der Waals surface area (Å²) in [6.45, 7) is 2.33. The first kappa shape index (κ1) is 12.4. The van der Waals surface area contributed by atoms with E-state index in [4.69, 9.17) is 22.1 Å². The highest BCUT2D eigenvalue weighted by atomic mass is 35.5. The van der Waals surface area contributed by atoms with Gasteiger partial charge in [0.2, 0.25) is 5.91 Å². The van der Waals surface area contributed by atoms with Crippen LogP contribution in [0.25, 0.3) is 0 Å². The summed E-state index contributed by atoms with van der Waals surface area (Å²) < 4.78 is 5.68. The Balaban J connectivity index is 2.01. The summed E-state index contributed by atoms with van der Waals surface area (Å²) in [7, 11) is 0. The van der Waals surface area contributed by atoms with E-state index in [0.717, 1.165) is 12.1 Å². The van der Waals surface area contributed by atoms with Crippen LogP contribution in [0.3, 0.4) is 0 Å². The molecule has 0 aliphatic carbocycles. The van der Waals surface area contributed by atoms with Crippen molar-refractivity contribution in [1.29, 1.82) is 0 Å². The van der Waals surface area contributed by atoms with Gasteiger partial charge in [0.1, 0.15) is 0 Å². The smallest absolute Gasteiger partial charge is 0.231 e. The van der Waals surface area contributed by atoms with Crippen LogP contribution in [0.15, 0.2) is 24.3 Å². The van der Waals surface area contributed by atoms with Crippen LogP contribution in [-0.2, 0) is 9.53 Å². The number of amides is 1. The summed E-state index contributed by atoms with van der Waals surface area (Å²) in [5.41, 5.74) is 6.26. The third-order valence-corrected chi connectivity index (χ3v) is 3.02. The zero-order valence-corrected chi connectivity index (χ0v) is 10.2. The predicted molar refractivity (Wildman–Crippen MR) is 65.8 cm³/mol. The minimum atomic E-state index is -0.304. The van der Waals surface area contributed by atoms with E-state index in [1.54, 1.807) is 0 Å². The molecule has 1 aromatic carbocycles. The summed E-state index contributed by atoms with van der Waals surface area (Å²) in [6, 6.07) is 7.57. The van der Waals surface area contributed by atoms with Crippen molar-refractivity contribution in [3.8, 4) is 0 Å². The summed E-state index contributed by atoms with van der Waals surface area (Å²) in [6.07, 6.45) is -0.0135. The van der Waals surface area contributed by atoms with Crippen LogP contribution in [-0.4, -0.2) is 37.0 Å². The quantitative estimate of drug-likeness (QED) is 0.882. The molecule has 1 amide bonds. The van der Waals surface area contributed by atoms with Crippen LogP contribution in [0, 0.1) is 0 Å². The molecular weight excluding hydrogens is 240 g/mol. The third-order valence-electron chi connectivity index (χ3n) is 2.77. The number of halogens is 1. The Morgan fingerprint density at radius 1 is 1.47 bits per heavy atom. The van der Waals surface area contributed by atoms with E-state index in [2.05, 4.69) is 0 Å². The van der Waals surface area contributed by atoms with Gasteiger partial charge in [-0.05, 0) is 17.7 Å². The van der Waals surface area contributed by atoms with Gasteiger partial charge in [-0.3, -0.25) is 9.69 Å². The zero-order chi connectivity index (χ0) is 12.3. The first-order chi connectivity index (χ1) is 8.15. The van der Waals surface area contributed by atoms with Crippen LogP contribution in [0.1, 0.15) is 11.7 Å². The Morgan fingerprint density at radius 2 is 2.18 bits per heavy atom. The predicted octanol–water partition coefficient (Wildman–Crippen LogP) is 1.20. The van der Waals surface area contributed by atoms with E-state index in [1.807, 2.05) is 29.2 Å². The minimum absolute atomic E-state index is 0.0135. The fourth-order valence-electron chi connectivity index (χ4n) is 1.95. The van der Waals surface area contributed by atoms with E-state index in [0.29, 0.717) is 18.2 Å². The van der Waals surface area contributed by atoms with E-state index in [-0.39, 0.29) is 18.6 Å². The molecule has 17 heavy (non-hydrogen) atoms. The highest BCUT2D eigenvalue weighted by Crippen LogP contribution is 2.23. The molecule has 5 heteroatoms. The maximum atomic E-state index is 10.9. The molecule has 0 aromatic heterocycles. The summed E-state index contributed by atoms with van der Waals surface area (Å²) >= 11 is 5.84. The van der Waals surface area contributed by atoms with Gasteiger partial charge in [0.15, 0.2) is 0 Å². The van der Waals surface area contributed by atoms with Gasteiger partial charge in [-0.2, -0.15) is 0 Å². The molecule has 1 atom stereocenters. The van der Waals surface area contributed by atoms with Gasteiger partial charge in [0.05, 0.1) is 19.3 Å². The van der Waals surface area contributed by atoms with Gasteiger partial charge in [-0.1, -0.05) is 23.7 Å².